The van der Waals surface area contributed by atoms with E-state index in [0.717, 1.165) is 17.9 Å². The third-order valence-electron chi connectivity index (χ3n) is 4.57. The first-order valence-corrected chi connectivity index (χ1v) is 7.36. The lowest BCUT2D eigenvalue weighted by atomic mass is 10.1. The summed E-state index contributed by atoms with van der Waals surface area (Å²) in [6.07, 6.45) is 3.87. The highest BCUT2D eigenvalue weighted by Crippen LogP contribution is 2.28. The summed E-state index contributed by atoms with van der Waals surface area (Å²) in [6.45, 7) is 3.25. The summed E-state index contributed by atoms with van der Waals surface area (Å²) in [6, 6.07) is 9.08. The molecule has 1 N–H and O–H groups in total. The van der Waals surface area contributed by atoms with Crippen molar-refractivity contribution < 1.29 is 4.74 Å². The summed E-state index contributed by atoms with van der Waals surface area (Å²) >= 11 is 0. The predicted molar refractivity (Wildman–Crippen MR) is 77.5 cm³/mol. The van der Waals surface area contributed by atoms with E-state index in [9.17, 15) is 0 Å². The Bertz CT molecular complexity index is 523. The molecule has 1 aromatic carbocycles. The van der Waals surface area contributed by atoms with Crippen molar-refractivity contribution in [2.75, 3.05) is 20.2 Å². The highest BCUT2D eigenvalue weighted by molar-refractivity contribution is 5.42. The van der Waals surface area contributed by atoms with E-state index in [0.29, 0.717) is 17.6 Å². The van der Waals surface area contributed by atoms with E-state index in [-0.39, 0.29) is 0 Å². The van der Waals surface area contributed by atoms with Crippen LogP contribution < -0.4 is 10.1 Å². The van der Waals surface area contributed by atoms with Crippen LogP contribution in [0.1, 0.15) is 30.4 Å². The largest absolute Gasteiger partial charge is 0.496 e. The monoisotopic (exact) mass is 271 g/mol. The summed E-state index contributed by atoms with van der Waals surface area (Å²) in [5.74, 6) is 0.859. The smallest absolute Gasteiger partial charge is 0.123 e. The van der Waals surface area contributed by atoms with Gasteiger partial charge in [-0.15, -0.1) is 0 Å². The van der Waals surface area contributed by atoms with Gasteiger partial charge in [-0.2, -0.15) is 5.26 Å². The molecule has 0 saturated carbocycles. The van der Waals surface area contributed by atoms with Crippen LogP contribution in [0.5, 0.6) is 5.75 Å². The quantitative estimate of drug-likeness (QED) is 0.908. The van der Waals surface area contributed by atoms with Gasteiger partial charge in [-0.25, -0.2) is 0 Å². The van der Waals surface area contributed by atoms with Crippen LogP contribution in [0.3, 0.4) is 0 Å². The Balaban J connectivity index is 1.67. The molecule has 2 saturated heterocycles. The summed E-state index contributed by atoms with van der Waals surface area (Å²) in [4.78, 5) is 2.60. The van der Waals surface area contributed by atoms with E-state index in [2.05, 4.69) is 16.3 Å². The van der Waals surface area contributed by atoms with Crippen molar-refractivity contribution in [2.45, 2.75) is 37.9 Å². The number of nitrogens with zero attached hydrogens (tertiary/aromatic N) is 2. The average Bonchev–Trinajstić information content (AvgIpc) is 3.08. The molecule has 0 bridgehead atoms. The molecule has 2 aliphatic heterocycles. The average molecular weight is 271 g/mol. The van der Waals surface area contributed by atoms with Gasteiger partial charge < -0.3 is 10.1 Å². The van der Waals surface area contributed by atoms with Gasteiger partial charge in [-0.3, -0.25) is 4.90 Å². The highest BCUT2D eigenvalue weighted by Gasteiger charge is 2.36. The Morgan fingerprint density at radius 2 is 2.30 bits per heavy atom. The first-order chi connectivity index (χ1) is 9.81. The lowest BCUT2D eigenvalue weighted by Crippen LogP contribution is -2.38. The van der Waals surface area contributed by atoms with E-state index in [1.165, 1.54) is 32.4 Å². The van der Waals surface area contributed by atoms with Gasteiger partial charge in [0.1, 0.15) is 5.75 Å². The molecule has 4 heteroatoms. The molecule has 2 unspecified atom stereocenters. The molecule has 2 fully saturated rings. The lowest BCUT2D eigenvalue weighted by Gasteiger charge is -2.22. The number of fused-ring (bicyclic) bond motifs is 1. The van der Waals surface area contributed by atoms with Crippen LogP contribution in [0, 0.1) is 11.3 Å². The zero-order valence-corrected chi connectivity index (χ0v) is 11.9. The van der Waals surface area contributed by atoms with Crippen LogP contribution in [0.2, 0.25) is 0 Å². The SMILES string of the molecule is COc1ccc(C#N)cc1CNC1CCN2CCCC12. The fraction of sp³-hybridized carbons (Fsp3) is 0.562. The van der Waals surface area contributed by atoms with Gasteiger partial charge in [0.15, 0.2) is 0 Å². The minimum Gasteiger partial charge on any atom is -0.496 e. The second-order valence-electron chi connectivity index (χ2n) is 5.66. The van der Waals surface area contributed by atoms with Gasteiger partial charge in [-0.05, 0) is 44.0 Å². The molecule has 0 aromatic heterocycles. The van der Waals surface area contributed by atoms with Gasteiger partial charge >= 0.3 is 0 Å². The zero-order chi connectivity index (χ0) is 13.9. The minimum absolute atomic E-state index is 0.577. The maximum Gasteiger partial charge on any atom is 0.123 e. The molecule has 0 aliphatic carbocycles. The van der Waals surface area contributed by atoms with Crippen molar-refractivity contribution >= 4 is 0 Å². The maximum atomic E-state index is 9.01. The standard InChI is InChI=1S/C16H21N3O/c1-20-16-5-4-12(10-17)9-13(16)11-18-14-6-8-19-7-2-3-15(14)19/h4-5,9,14-15,18H,2-3,6-8,11H2,1H3. The topological polar surface area (TPSA) is 48.3 Å². The number of benzene rings is 1. The molecule has 106 valence electrons. The molecule has 0 spiro atoms. The summed E-state index contributed by atoms with van der Waals surface area (Å²) in [5.41, 5.74) is 1.76. The maximum absolute atomic E-state index is 9.01. The normalized spacial score (nSPS) is 25.4. The van der Waals surface area contributed by atoms with Gasteiger partial charge in [0, 0.05) is 30.7 Å². The zero-order valence-electron chi connectivity index (χ0n) is 11.9. The van der Waals surface area contributed by atoms with Crippen LogP contribution in [0.4, 0.5) is 0 Å². The third-order valence-corrected chi connectivity index (χ3v) is 4.57. The van der Waals surface area contributed by atoms with Gasteiger partial charge in [-0.1, -0.05) is 0 Å². The number of methoxy groups -OCH3 is 1. The first kappa shape index (κ1) is 13.4. The Kier molecular flexibility index (Phi) is 3.90. The van der Waals surface area contributed by atoms with Crippen molar-refractivity contribution in [3.05, 3.63) is 29.3 Å². The predicted octanol–water partition coefficient (Wildman–Crippen LogP) is 1.89. The minimum atomic E-state index is 0.577. The number of ether oxygens (including phenoxy) is 1. The van der Waals surface area contributed by atoms with Crippen LogP contribution in [0.15, 0.2) is 18.2 Å². The Morgan fingerprint density at radius 3 is 3.10 bits per heavy atom. The first-order valence-electron chi connectivity index (χ1n) is 7.36. The molecule has 2 heterocycles. The number of hydrogen-bond acceptors (Lipinski definition) is 4. The molecule has 4 nitrogen and oxygen atoms in total. The third kappa shape index (κ3) is 2.52. The molecular formula is C16H21N3O. The molecule has 1 aromatic rings. The fourth-order valence-corrected chi connectivity index (χ4v) is 3.55. The molecule has 0 radical (unpaired) electrons. The Morgan fingerprint density at radius 1 is 1.40 bits per heavy atom. The van der Waals surface area contributed by atoms with Gasteiger partial charge in [0.25, 0.3) is 0 Å². The van der Waals surface area contributed by atoms with E-state index in [4.69, 9.17) is 10.00 Å². The molecule has 2 aliphatic rings. The Labute approximate surface area is 120 Å². The number of hydrogen-bond donors (Lipinski definition) is 1. The van der Waals surface area contributed by atoms with E-state index in [1.54, 1.807) is 13.2 Å². The molecule has 20 heavy (non-hydrogen) atoms. The van der Waals surface area contributed by atoms with E-state index >= 15 is 0 Å². The summed E-state index contributed by atoms with van der Waals surface area (Å²) in [5, 5.41) is 12.7. The summed E-state index contributed by atoms with van der Waals surface area (Å²) in [7, 11) is 1.68. The Hall–Kier alpha value is -1.57. The van der Waals surface area contributed by atoms with Crippen LogP contribution in [0.25, 0.3) is 0 Å². The fourth-order valence-electron chi connectivity index (χ4n) is 3.55. The van der Waals surface area contributed by atoms with E-state index in [1.807, 2.05) is 12.1 Å². The summed E-state index contributed by atoms with van der Waals surface area (Å²) < 4.78 is 5.39. The van der Waals surface area contributed by atoms with Crippen molar-refractivity contribution in [3.8, 4) is 11.8 Å². The number of nitriles is 1. The lowest BCUT2D eigenvalue weighted by molar-refractivity contribution is 0.298. The van der Waals surface area contributed by atoms with Crippen LogP contribution >= 0.6 is 0 Å². The number of rotatable bonds is 4. The van der Waals surface area contributed by atoms with Crippen molar-refractivity contribution in [1.29, 1.82) is 5.26 Å². The molecule has 2 atom stereocenters. The highest BCUT2D eigenvalue weighted by atomic mass is 16.5. The van der Waals surface area contributed by atoms with Crippen molar-refractivity contribution in [3.63, 3.8) is 0 Å². The second kappa shape index (κ2) is 5.82. The molecule has 3 rings (SSSR count). The molecular weight excluding hydrogens is 250 g/mol. The van der Waals surface area contributed by atoms with Crippen LogP contribution in [-0.4, -0.2) is 37.2 Å². The number of nitrogens with one attached hydrogen (secondary N) is 1. The van der Waals surface area contributed by atoms with E-state index < -0.39 is 0 Å². The van der Waals surface area contributed by atoms with Gasteiger partial charge in [0.05, 0.1) is 18.7 Å². The van der Waals surface area contributed by atoms with Gasteiger partial charge in [0.2, 0.25) is 0 Å². The van der Waals surface area contributed by atoms with Crippen LogP contribution in [-0.2, 0) is 6.54 Å². The van der Waals surface area contributed by atoms with Crippen molar-refractivity contribution in [1.82, 2.24) is 10.2 Å². The molecule has 0 amide bonds. The van der Waals surface area contributed by atoms with Crippen molar-refractivity contribution in [2.24, 2.45) is 0 Å². The second-order valence-corrected chi connectivity index (χ2v) is 5.66.